The van der Waals surface area contributed by atoms with Crippen LogP contribution in [0.15, 0.2) is 52.6 Å². The number of ether oxygens (including phenoxy) is 1. The molecule has 0 bridgehead atoms. The lowest BCUT2D eigenvalue weighted by Gasteiger charge is -2.06. The van der Waals surface area contributed by atoms with E-state index in [1.807, 2.05) is 31.2 Å². The van der Waals surface area contributed by atoms with Gasteiger partial charge >= 0.3 is 0 Å². The second-order valence-corrected chi connectivity index (χ2v) is 10.4. The molecular formula is C21H21N3O4S2. The van der Waals surface area contributed by atoms with Crippen molar-refractivity contribution < 1.29 is 17.9 Å². The lowest BCUT2D eigenvalue weighted by molar-refractivity contribution is -0.118. The van der Waals surface area contributed by atoms with Crippen molar-refractivity contribution in [2.24, 2.45) is 4.99 Å². The zero-order chi connectivity index (χ0) is 21.3. The molecule has 2 aromatic heterocycles. The van der Waals surface area contributed by atoms with E-state index in [-0.39, 0.29) is 16.1 Å². The fourth-order valence-electron chi connectivity index (χ4n) is 3.14. The zero-order valence-corrected chi connectivity index (χ0v) is 18.2. The van der Waals surface area contributed by atoms with E-state index in [1.165, 1.54) is 12.3 Å². The number of aromatic amines is 1. The van der Waals surface area contributed by atoms with Gasteiger partial charge in [0.2, 0.25) is 0 Å². The van der Waals surface area contributed by atoms with Crippen LogP contribution in [0.25, 0.3) is 10.9 Å². The molecule has 1 aliphatic rings. The number of aliphatic imine (C=N–C) groups is 1. The molecule has 4 rings (SSSR count). The zero-order valence-electron chi connectivity index (χ0n) is 16.6. The highest BCUT2D eigenvalue weighted by molar-refractivity contribution is 8.15. The quantitative estimate of drug-likeness (QED) is 0.592. The third-order valence-electron chi connectivity index (χ3n) is 4.71. The van der Waals surface area contributed by atoms with Gasteiger partial charge in [0, 0.05) is 35.3 Å². The van der Waals surface area contributed by atoms with Crippen molar-refractivity contribution in [3.63, 3.8) is 0 Å². The third-order valence-corrected chi connectivity index (χ3v) is 6.94. The summed E-state index contributed by atoms with van der Waals surface area (Å²) in [6.07, 6.45) is 3.63. The second-order valence-electron chi connectivity index (χ2n) is 7.12. The number of thioether (sulfide) groups is 1. The van der Waals surface area contributed by atoms with Crippen molar-refractivity contribution in [2.75, 3.05) is 12.8 Å². The van der Waals surface area contributed by atoms with E-state index in [2.05, 4.69) is 15.0 Å². The SMILES string of the molecule is CCC(=O)CC1CN=C(c2cc3cc(Oc4ccc(S(C)(=O)=O)nc4)ccc3[nH]2)S1. The molecule has 30 heavy (non-hydrogen) atoms. The van der Waals surface area contributed by atoms with Crippen LogP contribution in [0.1, 0.15) is 25.5 Å². The van der Waals surface area contributed by atoms with Gasteiger partial charge in [0.15, 0.2) is 14.9 Å². The van der Waals surface area contributed by atoms with Gasteiger partial charge in [-0.2, -0.15) is 0 Å². The number of fused-ring (bicyclic) bond motifs is 1. The molecule has 0 amide bonds. The number of rotatable bonds is 7. The number of benzene rings is 1. The summed E-state index contributed by atoms with van der Waals surface area (Å²) < 4.78 is 28.8. The molecule has 1 N–H and O–H groups in total. The largest absolute Gasteiger partial charge is 0.456 e. The Morgan fingerprint density at radius 2 is 2.03 bits per heavy atom. The molecule has 3 aromatic rings. The molecule has 3 heterocycles. The van der Waals surface area contributed by atoms with Crippen molar-refractivity contribution in [1.29, 1.82) is 0 Å². The number of pyridine rings is 1. The van der Waals surface area contributed by atoms with Crippen molar-refractivity contribution in [3.05, 3.63) is 48.3 Å². The number of nitrogens with zero attached hydrogens (tertiary/aromatic N) is 2. The van der Waals surface area contributed by atoms with E-state index in [1.54, 1.807) is 17.8 Å². The van der Waals surface area contributed by atoms with Crippen LogP contribution in [0.3, 0.4) is 0 Å². The number of sulfone groups is 1. The lowest BCUT2D eigenvalue weighted by atomic mass is 10.2. The summed E-state index contributed by atoms with van der Waals surface area (Å²) >= 11 is 1.64. The Balaban J connectivity index is 1.48. The minimum absolute atomic E-state index is 0.00866. The summed E-state index contributed by atoms with van der Waals surface area (Å²) in [5, 5.41) is 2.11. The Morgan fingerprint density at radius 1 is 1.23 bits per heavy atom. The van der Waals surface area contributed by atoms with Gasteiger partial charge in [-0.3, -0.25) is 9.79 Å². The van der Waals surface area contributed by atoms with Gasteiger partial charge in [0.05, 0.1) is 18.4 Å². The Morgan fingerprint density at radius 3 is 2.73 bits per heavy atom. The molecule has 0 saturated carbocycles. The van der Waals surface area contributed by atoms with Crippen LogP contribution in [-0.2, 0) is 14.6 Å². The highest BCUT2D eigenvalue weighted by Crippen LogP contribution is 2.31. The minimum atomic E-state index is -3.34. The number of carbonyl (C=O) groups is 1. The second kappa shape index (κ2) is 8.23. The first-order chi connectivity index (χ1) is 14.3. The molecule has 7 nitrogen and oxygen atoms in total. The van der Waals surface area contributed by atoms with Crippen LogP contribution in [0.5, 0.6) is 11.5 Å². The number of nitrogens with one attached hydrogen (secondary N) is 1. The van der Waals surface area contributed by atoms with Gasteiger partial charge in [-0.25, -0.2) is 13.4 Å². The highest BCUT2D eigenvalue weighted by atomic mass is 32.2. The number of hydrogen-bond donors (Lipinski definition) is 1. The van der Waals surface area contributed by atoms with E-state index < -0.39 is 9.84 Å². The van der Waals surface area contributed by atoms with Crippen LogP contribution < -0.4 is 4.74 Å². The Kier molecular flexibility index (Phi) is 5.66. The van der Waals surface area contributed by atoms with Crippen molar-refractivity contribution in [2.45, 2.75) is 30.0 Å². The molecule has 0 radical (unpaired) electrons. The molecule has 9 heteroatoms. The first kappa shape index (κ1) is 20.6. The molecular weight excluding hydrogens is 422 g/mol. The summed E-state index contributed by atoms with van der Waals surface area (Å²) in [6.45, 7) is 2.54. The van der Waals surface area contributed by atoms with Gasteiger partial charge in [0.25, 0.3) is 0 Å². The standard InChI is InChI=1S/C21H21N3O4S2/c1-3-14(25)10-17-12-23-21(29-17)19-9-13-8-15(4-6-18(13)24-19)28-16-5-7-20(22-11-16)30(2,26)27/h4-9,11,17,24H,3,10,12H2,1-2H3. The van der Waals surface area contributed by atoms with Crippen molar-refractivity contribution >= 4 is 43.3 Å². The molecule has 0 aliphatic carbocycles. The molecule has 1 unspecified atom stereocenters. The minimum Gasteiger partial charge on any atom is -0.456 e. The maximum absolute atomic E-state index is 11.7. The van der Waals surface area contributed by atoms with Crippen molar-refractivity contribution in [3.8, 4) is 11.5 Å². The van der Waals surface area contributed by atoms with E-state index in [0.29, 0.717) is 30.9 Å². The Bertz CT molecular complexity index is 1230. The van der Waals surface area contributed by atoms with Crippen LogP contribution in [0.2, 0.25) is 0 Å². The number of hydrogen-bond acceptors (Lipinski definition) is 7. The number of aromatic nitrogens is 2. The fraction of sp³-hybridized carbons (Fsp3) is 0.286. The van der Waals surface area contributed by atoms with Crippen molar-refractivity contribution in [1.82, 2.24) is 9.97 Å². The predicted molar refractivity (Wildman–Crippen MR) is 118 cm³/mol. The van der Waals surface area contributed by atoms with E-state index in [0.717, 1.165) is 27.9 Å². The third kappa shape index (κ3) is 4.57. The van der Waals surface area contributed by atoms with Gasteiger partial charge in [-0.15, -0.1) is 0 Å². The van der Waals surface area contributed by atoms with Crippen LogP contribution in [0.4, 0.5) is 0 Å². The summed E-state index contributed by atoms with van der Waals surface area (Å²) in [5.74, 6) is 1.34. The molecule has 0 saturated heterocycles. The molecule has 0 spiro atoms. The highest BCUT2D eigenvalue weighted by Gasteiger charge is 2.23. The van der Waals surface area contributed by atoms with Crippen LogP contribution in [-0.4, -0.2) is 47.3 Å². The molecule has 156 valence electrons. The van der Waals surface area contributed by atoms with E-state index >= 15 is 0 Å². The van der Waals surface area contributed by atoms with Crippen LogP contribution >= 0.6 is 11.8 Å². The average molecular weight is 444 g/mol. The van der Waals surface area contributed by atoms with E-state index in [9.17, 15) is 13.2 Å². The lowest BCUT2D eigenvalue weighted by Crippen LogP contribution is -2.10. The number of Topliss-reactive ketones (excluding diaryl/α,β-unsaturated/α-hetero) is 1. The Hall–Kier alpha value is -2.65. The summed E-state index contributed by atoms with van der Waals surface area (Å²) in [4.78, 5) is 23.6. The van der Waals surface area contributed by atoms with Gasteiger partial charge in [-0.1, -0.05) is 18.7 Å². The topological polar surface area (TPSA) is 101 Å². The summed E-state index contributed by atoms with van der Waals surface area (Å²) in [7, 11) is -3.34. The monoisotopic (exact) mass is 443 g/mol. The van der Waals surface area contributed by atoms with E-state index in [4.69, 9.17) is 4.74 Å². The first-order valence-corrected chi connectivity index (χ1v) is 12.3. The molecule has 1 aromatic carbocycles. The molecule has 0 fully saturated rings. The van der Waals surface area contributed by atoms with Gasteiger partial charge in [0.1, 0.15) is 22.3 Å². The molecule has 1 atom stereocenters. The maximum atomic E-state index is 11.7. The number of H-pyrrole nitrogens is 1. The van der Waals surface area contributed by atoms with Gasteiger partial charge in [-0.05, 0) is 36.4 Å². The number of ketones is 1. The maximum Gasteiger partial charge on any atom is 0.192 e. The average Bonchev–Trinajstić information content (AvgIpc) is 3.34. The predicted octanol–water partition coefficient (Wildman–Crippen LogP) is 3.99. The van der Waals surface area contributed by atoms with Crippen LogP contribution in [0, 0.1) is 0 Å². The Labute approximate surface area is 178 Å². The van der Waals surface area contributed by atoms with Gasteiger partial charge < -0.3 is 9.72 Å². The fourth-order valence-corrected chi connectivity index (χ4v) is 4.82. The summed E-state index contributed by atoms with van der Waals surface area (Å²) in [5.41, 5.74) is 1.89. The normalized spacial score (nSPS) is 16.6. The first-order valence-electron chi connectivity index (χ1n) is 9.51. The molecule has 1 aliphatic heterocycles. The smallest absolute Gasteiger partial charge is 0.192 e. The summed E-state index contributed by atoms with van der Waals surface area (Å²) in [6, 6.07) is 10.7. The number of carbonyl (C=O) groups excluding carboxylic acids is 1.